The molecule has 1 unspecified atom stereocenters. The van der Waals surface area contributed by atoms with E-state index < -0.39 is 0 Å². The van der Waals surface area contributed by atoms with Crippen LogP contribution in [0.15, 0.2) is 64.0 Å². The van der Waals surface area contributed by atoms with Crippen molar-refractivity contribution >= 4 is 23.5 Å². The third kappa shape index (κ3) is 7.57. The average Bonchev–Trinajstić information content (AvgIpc) is 2.75. The zero-order chi connectivity index (χ0) is 23.7. The summed E-state index contributed by atoms with van der Waals surface area (Å²) in [7, 11) is 0. The summed E-state index contributed by atoms with van der Waals surface area (Å²) in [6.45, 7) is 14.4. The van der Waals surface area contributed by atoms with Gasteiger partial charge in [0, 0.05) is 59.8 Å². The van der Waals surface area contributed by atoms with Gasteiger partial charge in [0.1, 0.15) is 5.82 Å². The van der Waals surface area contributed by atoms with Gasteiger partial charge < -0.3 is 16.0 Å². The maximum absolute atomic E-state index is 14.5. The third-order valence-electron chi connectivity index (χ3n) is 5.04. The summed E-state index contributed by atoms with van der Waals surface area (Å²) in [5.41, 5.74) is 4.27. The summed E-state index contributed by atoms with van der Waals surface area (Å²) in [6, 6.07) is 4.20. The number of hydrogen-bond acceptors (Lipinski definition) is 5. The second-order valence-corrected chi connectivity index (χ2v) is 8.03. The molecule has 0 fully saturated rings. The minimum atomic E-state index is -0.334. The van der Waals surface area contributed by atoms with E-state index in [9.17, 15) is 9.18 Å². The highest BCUT2D eigenvalue weighted by Gasteiger charge is 2.17. The first-order chi connectivity index (χ1) is 15.2. The molecule has 0 bridgehead atoms. The van der Waals surface area contributed by atoms with Crippen LogP contribution < -0.4 is 16.0 Å². The fourth-order valence-electron chi connectivity index (χ4n) is 3.16. The van der Waals surface area contributed by atoms with Crippen molar-refractivity contribution in [3.63, 3.8) is 0 Å². The lowest BCUT2D eigenvalue weighted by molar-refractivity contribution is -0.113. The van der Waals surface area contributed by atoms with E-state index in [1.54, 1.807) is 24.5 Å². The SMILES string of the molecule is C=C(C)/C(=C\NCC)N=CC(C)N[C@@H](C)c1cc(NC(=O)C2=CN=C(C)CC2)ccc1F. The van der Waals surface area contributed by atoms with E-state index in [1.165, 1.54) is 6.07 Å². The van der Waals surface area contributed by atoms with Gasteiger partial charge in [-0.3, -0.25) is 14.8 Å². The highest BCUT2D eigenvalue weighted by atomic mass is 19.1. The van der Waals surface area contributed by atoms with Crippen molar-refractivity contribution in [2.45, 2.75) is 59.5 Å². The summed E-state index contributed by atoms with van der Waals surface area (Å²) in [5.74, 6) is -0.543. The third-order valence-corrected chi connectivity index (χ3v) is 5.04. The van der Waals surface area contributed by atoms with Crippen LogP contribution in [0.2, 0.25) is 0 Å². The molecule has 172 valence electrons. The van der Waals surface area contributed by atoms with Gasteiger partial charge >= 0.3 is 0 Å². The van der Waals surface area contributed by atoms with Crippen molar-refractivity contribution in [2.24, 2.45) is 9.98 Å². The molecule has 0 radical (unpaired) electrons. The van der Waals surface area contributed by atoms with E-state index >= 15 is 0 Å². The molecule has 6 nitrogen and oxygen atoms in total. The van der Waals surface area contributed by atoms with Crippen molar-refractivity contribution in [2.75, 3.05) is 11.9 Å². The lowest BCUT2D eigenvalue weighted by Crippen LogP contribution is -2.30. The van der Waals surface area contributed by atoms with Crippen LogP contribution in [-0.4, -0.2) is 30.4 Å². The maximum Gasteiger partial charge on any atom is 0.253 e. The van der Waals surface area contributed by atoms with Crippen LogP contribution in [0.4, 0.5) is 10.1 Å². The number of halogens is 1. The fraction of sp³-hybridized carbons (Fsp3) is 0.400. The van der Waals surface area contributed by atoms with Crippen LogP contribution in [0.25, 0.3) is 0 Å². The van der Waals surface area contributed by atoms with E-state index in [1.807, 2.05) is 40.8 Å². The first kappa shape index (κ1) is 25.2. The average molecular weight is 440 g/mol. The van der Waals surface area contributed by atoms with Crippen LogP contribution in [0.1, 0.15) is 59.1 Å². The second kappa shape index (κ2) is 12.1. The lowest BCUT2D eigenvalue weighted by atomic mass is 10.0. The molecule has 1 aromatic carbocycles. The molecular weight excluding hydrogens is 405 g/mol. The molecule has 1 aliphatic heterocycles. The topological polar surface area (TPSA) is 77.9 Å². The lowest BCUT2D eigenvalue weighted by Gasteiger charge is -2.19. The van der Waals surface area contributed by atoms with Gasteiger partial charge in [0.05, 0.1) is 5.70 Å². The molecule has 1 amide bonds. The van der Waals surface area contributed by atoms with Gasteiger partial charge in [-0.15, -0.1) is 0 Å². The molecule has 32 heavy (non-hydrogen) atoms. The van der Waals surface area contributed by atoms with E-state index in [0.717, 1.165) is 29.9 Å². The Bertz CT molecular complexity index is 961. The Kier molecular flexibility index (Phi) is 9.53. The standard InChI is InChI=1S/C25H34FN5O/c1-7-27-15-24(16(2)3)29-13-18(5)30-19(6)22-12-21(10-11-23(22)26)31-25(32)20-9-8-17(4)28-14-20/h10-15,18-19,27,30H,2,7-9H2,1,3-6H3,(H,31,32)/b24-15+,29-13?/t18?,19-/m0/s1. The molecule has 2 rings (SSSR count). The van der Waals surface area contributed by atoms with Gasteiger partial charge in [0.15, 0.2) is 0 Å². The maximum atomic E-state index is 14.5. The fourth-order valence-corrected chi connectivity index (χ4v) is 3.16. The van der Waals surface area contributed by atoms with Gasteiger partial charge in [-0.05, 0) is 71.2 Å². The number of aliphatic imine (C=N–C) groups is 2. The minimum Gasteiger partial charge on any atom is -0.389 e. The minimum absolute atomic E-state index is 0.111. The molecule has 0 saturated carbocycles. The highest BCUT2D eigenvalue weighted by Crippen LogP contribution is 2.23. The van der Waals surface area contributed by atoms with E-state index in [4.69, 9.17) is 0 Å². The quantitative estimate of drug-likeness (QED) is 0.353. The number of carbonyl (C=O) groups excluding carboxylic acids is 1. The Hall–Kier alpha value is -3.06. The van der Waals surface area contributed by atoms with Crippen LogP contribution in [0.5, 0.6) is 0 Å². The molecule has 1 aromatic rings. The molecule has 3 N–H and O–H groups in total. The molecular formula is C25H34FN5O. The summed E-state index contributed by atoms with van der Waals surface area (Å²) < 4.78 is 14.5. The van der Waals surface area contributed by atoms with Crippen molar-refractivity contribution in [3.8, 4) is 0 Å². The van der Waals surface area contributed by atoms with Crippen molar-refractivity contribution in [1.82, 2.24) is 10.6 Å². The van der Waals surface area contributed by atoms with Crippen LogP contribution in [-0.2, 0) is 4.79 Å². The predicted molar refractivity (Wildman–Crippen MR) is 132 cm³/mol. The number of allylic oxidation sites excluding steroid dienone is 1. The van der Waals surface area contributed by atoms with Crippen molar-refractivity contribution < 1.29 is 9.18 Å². The largest absolute Gasteiger partial charge is 0.389 e. The molecule has 1 heterocycles. The van der Waals surface area contributed by atoms with Crippen molar-refractivity contribution in [3.05, 3.63) is 65.4 Å². The number of anilines is 1. The number of rotatable bonds is 10. The first-order valence-corrected chi connectivity index (χ1v) is 10.9. The van der Waals surface area contributed by atoms with E-state index in [-0.39, 0.29) is 23.8 Å². The number of hydrogen-bond donors (Lipinski definition) is 3. The Morgan fingerprint density at radius 1 is 1.34 bits per heavy atom. The molecule has 1 aliphatic rings. The first-order valence-electron chi connectivity index (χ1n) is 10.9. The van der Waals surface area contributed by atoms with Gasteiger partial charge in [-0.25, -0.2) is 4.39 Å². The van der Waals surface area contributed by atoms with Crippen LogP contribution >= 0.6 is 0 Å². The highest BCUT2D eigenvalue weighted by molar-refractivity contribution is 6.05. The van der Waals surface area contributed by atoms with E-state index in [2.05, 4.69) is 32.5 Å². The van der Waals surface area contributed by atoms with Crippen LogP contribution in [0.3, 0.4) is 0 Å². The monoisotopic (exact) mass is 439 g/mol. The van der Waals surface area contributed by atoms with E-state index in [0.29, 0.717) is 23.2 Å². The molecule has 0 spiro atoms. The Morgan fingerprint density at radius 3 is 2.72 bits per heavy atom. The number of amides is 1. The van der Waals surface area contributed by atoms with Crippen molar-refractivity contribution in [1.29, 1.82) is 0 Å². The predicted octanol–water partition coefficient (Wildman–Crippen LogP) is 5.04. The normalized spacial score (nSPS) is 16.2. The zero-order valence-corrected chi connectivity index (χ0v) is 19.6. The van der Waals surface area contributed by atoms with Gasteiger partial charge in [0.2, 0.25) is 0 Å². The number of carbonyl (C=O) groups is 1. The molecule has 0 saturated heterocycles. The molecule has 2 atom stereocenters. The molecule has 0 aromatic heterocycles. The number of benzene rings is 1. The second-order valence-electron chi connectivity index (χ2n) is 8.03. The Balaban J connectivity index is 2.06. The molecule has 7 heteroatoms. The van der Waals surface area contributed by atoms with Gasteiger partial charge in [0.25, 0.3) is 5.91 Å². The van der Waals surface area contributed by atoms with Gasteiger partial charge in [-0.1, -0.05) is 6.58 Å². The van der Waals surface area contributed by atoms with Gasteiger partial charge in [-0.2, -0.15) is 0 Å². The number of nitrogens with one attached hydrogen (secondary N) is 3. The Morgan fingerprint density at radius 2 is 2.09 bits per heavy atom. The smallest absolute Gasteiger partial charge is 0.253 e. The summed E-state index contributed by atoms with van der Waals surface area (Å²) >= 11 is 0. The molecule has 0 aliphatic carbocycles. The summed E-state index contributed by atoms with van der Waals surface area (Å²) in [5, 5.41) is 9.30. The number of nitrogens with zero attached hydrogens (tertiary/aromatic N) is 2. The Labute approximate surface area is 190 Å². The van der Waals surface area contributed by atoms with Crippen LogP contribution in [0, 0.1) is 5.82 Å². The summed E-state index contributed by atoms with van der Waals surface area (Å²) in [6.07, 6.45) is 6.63. The summed E-state index contributed by atoms with van der Waals surface area (Å²) in [4.78, 5) is 21.2. The zero-order valence-electron chi connectivity index (χ0n) is 19.6.